The Morgan fingerprint density at radius 1 is 0.167 bits per heavy atom. The average Bonchev–Trinajstić information content (AvgIpc) is 2.68. The number of rotatable bonds is 6. The van der Waals surface area contributed by atoms with Crippen molar-refractivity contribution < 1.29 is 0 Å². The molecule has 0 N–H and O–H groups in total. The zero-order valence-corrected chi connectivity index (χ0v) is 22.8. The molecule has 0 amide bonds. The van der Waals surface area contributed by atoms with Crippen LogP contribution in [-0.4, -0.2) is 0 Å². The molecule has 6 heteroatoms. The summed E-state index contributed by atoms with van der Waals surface area (Å²) in [5, 5.41) is 0. The highest BCUT2D eigenvalue weighted by Gasteiger charge is 1.31. The molecule has 0 saturated carbocycles. The lowest BCUT2D eigenvalue weighted by atomic mass is 10.6. The van der Waals surface area contributed by atoms with E-state index in [2.05, 4.69) is 78.9 Å². The van der Waals surface area contributed by atoms with Crippen LogP contribution in [0.2, 0.25) is 0 Å². The second kappa shape index (κ2) is 174. The van der Waals surface area contributed by atoms with E-state index < -0.39 is 0 Å². The Morgan fingerprint density at radius 3 is 0.200 bits per heavy atom. The molecule has 0 spiro atoms. The molecule has 0 aromatic rings. The summed E-state index contributed by atoms with van der Waals surface area (Å²) in [4.78, 5) is 0. The average molecular weight is 543 g/mol. The molecule has 0 unspecified atom stereocenters. The van der Waals surface area contributed by atoms with Crippen LogP contribution in [-0.2, 0) is 0 Å². The predicted molar refractivity (Wildman–Crippen MR) is 166 cm³/mol. The maximum absolute atomic E-state index is 3.36. The fourth-order valence-corrected chi connectivity index (χ4v) is 0. The first-order chi connectivity index (χ1) is 11.5. The van der Waals surface area contributed by atoms with Gasteiger partial charge in [0.15, 0.2) is 0 Å². The van der Waals surface area contributed by atoms with Crippen LogP contribution >= 0.6 is 74.4 Å². The molecule has 0 aliphatic heterocycles. The third-order valence-electron chi connectivity index (χ3n) is 1.000. The van der Waals surface area contributed by atoms with Crippen LogP contribution in [0.25, 0.3) is 0 Å². The number of hydrogen-bond donors (Lipinski definition) is 0. The standard InChI is InChI=1S/6C4H6.6ClH/c6*1-3-4-2;;;;;;/h6*3-4H,1-2H2;6*1H. The second-order valence-electron chi connectivity index (χ2n) is 2.83. The van der Waals surface area contributed by atoms with Gasteiger partial charge < -0.3 is 0 Å². The SMILES string of the molecule is C=CC=C.C=CC=C.C=CC=C.C=CC=C.C=CC=C.C=CC=C.Cl.Cl.Cl.Cl.Cl.Cl. The Kier molecular flexibility index (Phi) is 457. The Bertz CT molecular complexity index is 241. The van der Waals surface area contributed by atoms with Crippen LogP contribution in [0.1, 0.15) is 0 Å². The van der Waals surface area contributed by atoms with Crippen molar-refractivity contribution in [2.45, 2.75) is 0 Å². The maximum atomic E-state index is 3.36. The summed E-state index contributed by atoms with van der Waals surface area (Å²) in [5.74, 6) is 0. The normalized spacial score (nSPS) is 4.00. The minimum absolute atomic E-state index is 0. The van der Waals surface area contributed by atoms with Crippen LogP contribution in [0.4, 0.5) is 0 Å². The zero-order chi connectivity index (χ0) is 20.5. The molecule has 0 heterocycles. The van der Waals surface area contributed by atoms with Gasteiger partial charge in [0.1, 0.15) is 0 Å². The minimum atomic E-state index is 0. The van der Waals surface area contributed by atoms with E-state index in [0.29, 0.717) is 0 Å². The van der Waals surface area contributed by atoms with Gasteiger partial charge in [-0.25, -0.2) is 0 Å². The van der Waals surface area contributed by atoms with E-state index in [1.807, 2.05) is 0 Å². The summed E-state index contributed by atoms with van der Waals surface area (Å²) < 4.78 is 0. The molecule has 0 aliphatic carbocycles. The fraction of sp³-hybridized carbons (Fsp3) is 0. The fourth-order valence-electron chi connectivity index (χ4n) is 0. The van der Waals surface area contributed by atoms with Crippen molar-refractivity contribution >= 4 is 74.4 Å². The van der Waals surface area contributed by atoms with Crippen LogP contribution in [0.3, 0.4) is 0 Å². The van der Waals surface area contributed by atoms with Gasteiger partial charge in [0, 0.05) is 0 Å². The van der Waals surface area contributed by atoms with Crippen LogP contribution in [0, 0.1) is 0 Å². The van der Waals surface area contributed by atoms with Crippen LogP contribution in [0.5, 0.6) is 0 Å². The Labute approximate surface area is 225 Å². The molecule has 0 radical (unpaired) electrons. The first kappa shape index (κ1) is 79.0. The van der Waals surface area contributed by atoms with Crippen molar-refractivity contribution in [1.29, 1.82) is 0 Å². The Hall–Kier alpha value is -1.38. The molecule has 0 atom stereocenters. The predicted octanol–water partition coefficient (Wildman–Crippen LogP) is 10.7. The number of hydrogen-bond acceptors (Lipinski definition) is 0. The molecule has 0 saturated heterocycles. The highest BCUT2D eigenvalue weighted by Crippen LogP contribution is 1.54. The third kappa shape index (κ3) is 819. The second-order valence-corrected chi connectivity index (χ2v) is 2.83. The summed E-state index contributed by atoms with van der Waals surface area (Å²) in [6.07, 6.45) is 19.7. The molecule has 180 valence electrons. The van der Waals surface area contributed by atoms with Gasteiger partial charge in [-0.15, -0.1) is 74.4 Å². The first-order valence-corrected chi connectivity index (χ1v) is 6.90. The van der Waals surface area contributed by atoms with Crippen molar-refractivity contribution in [1.82, 2.24) is 0 Å². The van der Waals surface area contributed by atoms with Gasteiger partial charge in [0.05, 0.1) is 0 Å². The van der Waals surface area contributed by atoms with Gasteiger partial charge >= 0.3 is 0 Å². The third-order valence-corrected chi connectivity index (χ3v) is 1.000. The molecule has 0 nitrogen and oxygen atoms in total. The van der Waals surface area contributed by atoms with Crippen molar-refractivity contribution in [3.05, 3.63) is 152 Å². The van der Waals surface area contributed by atoms with E-state index in [0.717, 1.165) is 0 Å². The summed E-state index contributed by atoms with van der Waals surface area (Å²) in [6.45, 7) is 40.3. The molecular weight excluding hydrogens is 501 g/mol. The largest absolute Gasteiger partial charge is 0.147 e. The van der Waals surface area contributed by atoms with E-state index >= 15 is 0 Å². The smallest absolute Gasteiger partial charge is 0.0701 e. The number of halogens is 6. The molecule has 0 rings (SSSR count). The first-order valence-electron chi connectivity index (χ1n) is 6.90. The van der Waals surface area contributed by atoms with E-state index in [1.54, 1.807) is 72.9 Å². The Morgan fingerprint density at radius 2 is 0.200 bits per heavy atom. The molecule has 0 aromatic heterocycles. The van der Waals surface area contributed by atoms with Crippen molar-refractivity contribution in [2.24, 2.45) is 0 Å². The monoisotopic (exact) mass is 540 g/mol. The molecule has 0 fully saturated rings. The van der Waals surface area contributed by atoms with Gasteiger partial charge in [-0.05, 0) is 0 Å². The molecular formula is C24H42Cl6. The maximum Gasteiger partial charge on any atom is -0.0701 e. The lowest BCUT2D eigenvalue weighted by Gasteiger charge is -1.44. The summed E-state index contributed by atoms with van der Waals surface area (Å²) in [7, 11) is 0. The summed E-state index contributed by atoms with van der Waals surface area (Å²) >= 11 is 0. The van der Waals surface area contributed by atoms with Crippen molar-refractivity contribution in [3.63, 3.8) is 0 Å². The van der Waals surface area contributed by atoms with Crippen LogP contribution < -0.4 is 0 Å². The quantitative estimate of drug-likeness (QED) is 0.293. The van der Waals surface area contributed by atoms with E-state index in [-0.39, 0.29) is 74.4 Å². The van der Waals surface area contributed by atoms with Crippen molar-refractivity contribution in [3.8, 4) is 0 Å². The molecule has 0 aliphatic rings. The number of allylic oxidation sites excluding steroid dienone is 12. The zero-order valence-electron chi connectivity index (χ0n) is 17.9. The van der Waals surface area contributed by atoms with Crippen molar-refractivity contribution in [2.75, 3.05) is 0 Å². The van der Waals surface area contributed by atoms with E-state index in [4.69, 9.17) is 0 Å². The lowest BCUT2D eigenvalue weighted by Crippen LogP contribution is -1.21. The summed E-state index contributed by atoms with van der Waals surface area (Å²) in [6, 6.07) is 0. The highest BCUT2D eigenvalue weighted by molar-refractivity contribution is 5.86. The van der Waals surface area contributed by atoms with Gasteiger partial charge in [-0.1, -0.05) is 152 Å². The van der Waals surface area contributed by atoms with E-state index in [9.17, 15) is 0 Å². The lowest BCUT2D eigenvalue weighted by molar-refractivity contribution is 2.15. The topological polar surface area (TPSA) is 0 Å². The van der Waals surface area contributed by atoms with E-state index in [1.165, 1.54) is 0 Å². The Balaban J connectivity index is -0.0000000125. The minimum Gasteiger partial charge on any atom is -0.147 e. The summed E-state index contributed by atoms with van der Waals surface area (Å²) in [5.41, 5.74) is 0. The van der Waals surface area contributed by atoms with Gasteiger partial charge in [-0.3, -0.25) is 0 Å². The van der Waals surface area contributed by atoms with Gasteiger partial charge in [0.2, 0.25) is 0 Å². The molecule has 30 heavy (non-hydrogen) atoms. The van der Waals surface area contributed by atoms with Gasteiger partial charge in [-0.2, -0.15) is 0 Å². The van der Waals surface area contributed by atoms with Crippen LogP contribution in [0.15, 0.2) is 152 Å². The highest BCUT2D eigenvalue weighted by atomic mass is 35.5. The van der Waals surface area contributed by atoms with Gasteiger partial charge in [0.25, 0.3) is 0 Å². The molecule has 0 aromatic carbocycles. The molecule has 0 bridgehead atoms.